The van der Waals surface area contributed by atoms with Gasteiger partial charge in [0.15, 0.2) is 9.84 Å². The van der Waals surface area contributed by atoms with Gasteiger partial charge in [0.1, 0.15) is 5.75 Å². The summed E-state index contributed by atoms with van der Waals surface area (Å²) in [6.45, 7) is 1.80. The molecule has 0 spiro atoms. The highest BCUT2D eigenvalue weighted by atomic mass is 32.2. The number of sulfone groups is 1. The first-order valence-electron chi connectivity index (χ1n) is 4.58. The number of hydrogen-bond acceptors (Lipinski definition) is 4. The molecule has 5 heteroatoms. The Morgan fingerprint density at radius 1 is 1.47 bits per heavy atom. The molecule has 0 aliphatic carbocycles. The van der Waals surface area contributed by atoms with Gasteiger partial charge >= 0.3 is 0 Å². The van der Waals surface area contributed by atoms with Crippen molar-refractivity contribution in [1.29, 1.82) is 0 Å². The van der Waals surface area contributed by atoms with Crippen molar-refractivity contribution < 1.29 is 13.5 Å². The van der Waals surface area contributed by atoms with Gasteiger partial charge < -0.3 is 10.8 Å². The Bertz CT molecular complexity index is 452. The number of benzene rings is 1. The quantitative estimate of drug-likeness (QED) is 0.799. The molecular weight excluding hydrogens is 214 g/mol. The molecule has 0 saturated carbocycles. The van der Waals surface area contributed by atoms with Gasteiger partial charge in [-0.3, -0.25) is 0 Å². The van der Waals surface area contributed by atoms with Gasteiger partial charge in [0.2, 0.25) is 0 Å². The number of phenolic OH excluding ortho intramolecular Hbond substituents is 1. The molecule has 0 heterocycles. The standard InChI is InChI=1S/C10H15NO3S/c1-7(11)5-8-6-9(15(2,13)14)3-4-10(8)12/h3-4,6-7,12H,5,11H2,1-2H3. The maximum absolute atomic E-state index is 11.3. The van der Waals surface area contributed by atoms with Crippen LogP contribution in [0.25, 0.3) is 0 Å². The zero-order chi connectivity index (χ0) is 11.6. The van der Waals surface area contributed by atoms with Crippen LogP contribution in [-0.4, -0.2) is 25.8 Å². The summed E-state index contributed by atoms with van der Waals surface area (Å²) >= 11 is 0. The van der Waals surface area contributed by atoms with Crippen LogP contribution in [0, 0.1) is 0 Å². The Labute approximate surface area is 89.7 Å². The number of phenols is 1. The van der Waals surface area contributed by atoms with E-state index < -0.39 is 9.84 Å². The van der Waals surface area contributed by atoms with Gasteiger partial charge in [0.25, 0.3) is 0 Å². The molecule has 0 amide bonds. The minimum absolute atomic E-state index is 0.0831. The van der Waals surface area contributed by atoms with E-state index in [1.807, 2.05) is 0 Å². The second-order valence-electron chi connectivity index (χ2n) is 3.74. The van der Waals surface area contributed by atoms with Crippen molar-refractivity contribution in [2.45, 2.75) is 24.3 Å². The third kappa shape index (κ3) is 3.21. The van der Waals surface area contributed by atoms with E-state index >= 15 is 0 Å². The minimum Gasteiger partial charge on any atom is -0.508 e. The van der Waals surface area contributed by atoms with E-state index in [1.54, 1.807) is 6.92 Å². The zero-order valence-electron chi connectivity index (χ0n) is 8.77. The van der Waals surface area contributed by atoms with Crippen molar-refractivity contribution in [2.75, 3.05) is 6.26 Å². The van der Waals surface area contributed by atoms with E-state index in [0.29, 0.717) is 12.0 Å². The Morgan fingerprint density at radius 3 is 2.53 bits per heavy atom. The smallest absolute Gasteiger partial charge is 0.175 e. The van der Waals surface area contributed by atoms with Crippen molar-refractivity contribution in [2.24, 2.45) is 5.73 Å². The van der Waals surface area contributed by atoms with Crippen LogP contribution in [0.3, 0.4) is 0 Å². The lowest BCUT2D eigenvalue weighted by atomic mass is 10.1. The molecule has 1 rings (SSSR count). The first-order valence-corrected chi connectivity index (χ1v) is 6.47. The van der Waals surface area contributed by atoms with E-state index in [4.69, 9.17) is 5.73 Å². The highest BCUT2D eigenvalue weighted by Crippen LogP contribution is 2.22. The van der Waals surface area contributed by atoms with Gasteiger partial charge in [-0.15, -0.1) is 0 Å². The molecule has 0 aromatic heterocycles. The molecule has 1 atom stereocenters. The van der Waals surface area contributed by atoms with E-state index in [0.717, 1.165) is 6.26 Å². The van der Waals surface area contributed by atoms with Crippen molar-refractivity contribution in [1.82, 2.24) is 0 Å². The van der Waals surface area contributed by atoms with Crippen LogP contribution in [0.5, 0.6) is 5.75 Å². The maximum Gasteiger partial charge on any atom is 0.175 e. The largest absolute Gasteiger partial charge is 0.508 e. The maximum atomic E-state index is 11.3. The van der Waals surface area contributed by atoms with Crippen molar-refractivity contribution in [3.8, 4) is 5.75 Å². The highest BCUT2D eigenvalue weighted by molar-refractivity contribution is 7.90. The second kappa shape index (κ2) is 4.20. The third-order valence-electron chi connectivity index (χ3n) is 2.02. The fourth-order valence-electron chi connectivity index (χ4n) is 1.30. The van der Waals surface area contributed by atoms with Gasteiger partial charge in [-0.2, -0.15) is 0 Å². The van der Waals surface area contributed by atoms with Gasteiger partial charge in [0, 0.05) is 12.3 Å². The number of rotatable bonds is 3. The number of nitrogens with two attached hydrogens (primary N) is 1. The Hall–Kier alpha value is -1.07. The lowest BCUT2D eigenvalue weighted by molar-refractivity contribution is 0.465. The van der Waals surface area contributed by atoms with Crippen LogP contribution in [0.1, 0.15) is 12.5 Å². The normalized spacial score (nSPS) is 13.8. The van der Waals surface area contributed by atoms with Gasteiger partial charge in [-0.1, -0.05) is 0 Å². The van der Waals surface area contributed by atoms with E-state index in [-0.39, 0.29) is 16.7 Å². The summed E-state index contributed by atoms with van der Waals surface area (Å²) in [5.74, 6) is 0.0831. The average Bonchev–Trinajstić information content (AvgIpc) is 2.06. The zero-order valence-corrected chi connectivity index (χ0v) is 9.58. The van der Waals surface area contributed by atoms with Gasteiger partial charge in [-0.05, 0) is 37.1 Å². The number of hydrogen-bond donors (Lipinski definition) is 2. The first-order chi connectivity index (χ1) is 6.80. The molecule has 0 aliphatic heterocycles. The molecule has 4 nitrogen and oxygen atoms in total. The lowest BCUT2D eigenvalue weighted by Gasteiger charge is -2.09. The van der Waals surface area contributed by atoms with Crippen molar-refractivity contribution >= 4 is 9.84 Å². The third-order valence-corrected chi connectivity index (χ3v) is 3.13. The molecule has 1 aromatic carbocycles. The summed E-state index contributed by atoms with van der Waals surface area (Å²) in [5, 5.41) is 9.50. The predicted octanol–water partition coefficient (Wildman–Crippen LogP) is 0.685. The van der Waals surface area contributed by atoms with Gasteiger partial charge in [0.05, 0.1) is 4.90 Å². The molecule has 0 fully saturated rings. The molecule has 0 bridgehead atoms. The summed E-state index contributed by atoms with van der Waals surface area (Å²) < 4.78 is 22.5. The Morgan fingerprint density at radius 2 is 2.07 bits per heavy atom. The molecule has 0 aliphatic rings. The topological polar surface area (TPSA) is 80.4 Å². The summed E-state index contributed by atoms with van der Waals surface area (Å²) in [4.78, 5) is 0.205. The molecule has 3 N–H and O–H groups in total. The van der Waals surface area contributed by atoms with Crippen molar-refractivity contribution in [3.05, 3.63) is 23.8 Å². The van der Waals surface area contributed by atoms with Crippen molar-refractivity contribution in [3.63, 3.8) is 0 Å². The van der Waals surface area contributed by atoms with Crippen LogP contribution in [0.4, 0.5) is 0 Å². The van der Waals surface area contributed by atoms with Crippen LogP contribution >= 0.6 is 0 Å². The summed E-state index contributed by atoms with van der Waals surface area (Å²) in [6, 6.07) is 4.11. The highest BCUT2D eigenvalue weighted by Gasteiger charge is 2.11. The second-order valence-corrected chi connectivity index (χ2v) is 5.76. The Balaban J connectivity index is 3.17. The summed E-state index contributed by atoms with van der Waals surface area (Å²) in [6.07, 6.45) is 1.59. The first kappa shape index (κ1) is 12.0. The molecule has 1 aromatic rings. The molecule has 84 valence electrons. The van der Waals surface area contributed by atoms with E-state index in [9.17, 15) is 13.5 Å². The van der Waals surface area contributed by atoms with Gasteiger partial charge in [-0.25, -0.2) is 8.42 Å². The average molecular weight is 229 g/mol. The monoisotopic (exact) mass is 229 g/mol. The molecule has 0 radical (unpaired) electrons. The Kier molecular flexibility index (Phi) is 3.36. The van der Waals surface area contributed by atoms with E-state index in [1.165, 1.54) is 18.2 Å². The summed E-state index contributed by atoms with van der Waals surface area (Å²) in [7, 11) is -3.23. The molecule has 15 heavy (non-hydrogen) atoms. The lowest BCUT2D eigenvalue weighted by Crippen LogP contribution is -2.18. The fourth-order valence-corrected chi connectivity index (χ4v) is 1.97. The van der Waals surface area contributed by atoms with Crippen LogP contribution < -0.4 is 5.73 Å². The van der Waals surface area contributed by atoms with Crippen LogP contribution in [-0.2, 0) is 16.3 Å². The van der Waals surface area contributed by atoms with E-state index in [2.05, 4.69) is 0 Å². The van der Waals surface area contributed by atoms with Crippen LogP contribution in [0.2, 0.25) is 0 Å². The predicted molar refractivity (Wildman–Crippen MR) is 58.6 cm³/mol. The molecule has 1 unspecified atom stereocenters. The minimum atomic E-state index is -3.23. The van der Waals surface area contributed by atoms with Crippen LogP contribution in [0.15, 0.2) is 23.1 Å². The molecule has 0 saturated heterocycles. The number of aromatic hydroxyl groups is 1. The molecular formula is C10H15NO3S. The fraction of sp³-hybridized carbons (Fsp3) is 0.400. The summed E-state index contributed by atoms with van der Waals surface area (Å²) in [5.41, 5.74) is 6.15. The SMILES string of the molecule is CC(N)Cc1cc(S(C)(=O)=O)ccc1O.